The molecule has 2 fully saturated rings. The summed E-state index contributed by atoms with van der Waals surface area (Å²) in [5.41, 5.74) is 7.37. The van der Waals surface area contributed by atoms with Crippen molar-refractivity contribution in [2.75, 3.05) is 13.1 Å². The number of carbonyl (C=O) groups is 4. The Balaban J connectivity index is 1.55. The van der Waals surface area contributed by atoms with E-state index >= 15 is 0 Å². The fraction of sp³-hybridized carbons (Fsp3) is 0.444. The van der Waals surface area contributed by atoms with E-state index in [1.807, 2.05) is 13.0 Å². The van der Waals surface area contributed by atoms with Crippen molar-refractivity contribution in [2.24, 2.45) is 5.73 Å². The molecule has 0 radical (unpaired) electrons. The number of hydrogen-bond acceptors (Lipinski definition) is 6. The summed E-state index contributed by atoms with van der Waals surface area (Å²) < 4.78 is 0. The molecule has 1 aromatic rings. The van der Waals surface area contributed by atoms with Gasteiger partial charge in [0.05, 0.1) is 11.1 Å². The van der Waals surface area contributed by atoms with Crippen LogP contribution in [0.2, 0.25) is 0 Å². The van der Waals surface area contributed by atoms with Crippen molar-refractivity contribution < 1.29 is 19.2 Å². The molecule has 8 heteroatoms. The van der Waals surface area contributed by atoms with Crippen LogP contribution in [0, 0.1) is 0 Å². The highest BCUT2D eigenvalue weighted by atomic mass is 16.2. The van der Waals surface area contributed by atoms with Gasteiger partial charge in [0, 0.05) is 31.6 Å². The van der Waals surface area contributed by atoms with Gasteiger partial charge in [0.2, 0.25) is 11.8 Å². The first kappa shape index (κ1) is 16.9. The van der Waals surface area contributed by atoms with Gasteiger partial charge in [0.15, 0.2) is 0 Å². The highest BCUT2D eigenvalue weighted by Crippen LogP contribution is 2.29. The molecule has 0 bridgehead atoms. The summed E-state index contributed by atoms with van der Waals surface area (Å²) in [6, 6.07) is 4.24. The SMILES string of the molecule is CC1(N)CN(Cc2ccc3c(c2)C(=O)N(C2CCC(=O)NC2=O)C3=O)C1. The molecule has 2 saturated heterocycles. The maximum Gasteiger partial charge on any atom is 0.262 e. The number of piperidine rings is 1. The highest BCUT2D eigenvalue weighted by Gasteiger charge is 2.44. The number of nitrogens with zero attached hydrogens (tertiary/aromatic N) is 2. The van der Waals surface area contributed by atoms with E-state index < -0.39 is 23.8 Å². The minimum absolute atomic E-state index is 0.113. The van der Waals surface area contributed by atoms with Gasteiger partial charge < -0.3 is 5.73 Å². The highest BCUT2D eigenvalue weighted by molar-refractivity contribution is 6.23. The zero-order chi connectivity index (χ0) is 18.6. The zero-order valence-corrected chi connectivity index (χ0v) is 14.4. The first-order chi connectivity index (χ1) is 12.2. The van der Waals surface area contributed by atoms with E-state index in [1.54, 1.807) is 12.1 Å². The first-order valence-corrected chi connectivity index (χ1v) is 8.61. The van der Waals surface area contributed by atoms with Crippen molar-refractivity contribution in [2.45, 2.75) is 37.9 Å². The fourth-order valence-electron chi connectivity index (χ4n) is 3.96. The average Bonchev–Trinajstić information content (AvgIpc) is 2.78. The number of imide groups is 2. The Morgan fingerprint density at radius 1 is 1.15 bits per heavy atom. The molecule has 4 rings (SSSR count). The van der Waals surface area contributed by atoms with Gasteiger partial charge in [-0.3, -0.25) is 34.3 Å². The Bertz CT molecular complexity index is 840. The van der Waals surface area contributed by atoms with Gasteiger partial charge in [-0.2, -0.15) is 0 Å². The normalized spacial score (nSPS) is 25.2. The molecule has 8 nitrogen and oxygen atoms in total. The minimum Gasteiger partial charge on any atom is -0.323 e. The summed E-state index contributed by atoms with van der Waals surface area (Å²) >= 11 is 0. The molecule has 0 aromatic heterocycles. The number of amides is 4. The fourth-order valence-corrected chi connectivity index (χ4v) is 3.96. The summed E-state index contributed by atoms with van der Waals surface area (Å²) in [5, 5.41) is 2.19. The van der Waals surface area contributed by atoms with Gasteiger partial charge in [0.1, 0.15) is 6.04 Å². The summed E-state index contributed by atoms with van der Waals surface area (Å²) in [4.78, 5) is 51.9. The number of benzene rings is 1. The maximum absolute atomic E-state index is 12.8. The lowest BCUT2D eigenvalue weighted by Gasteiger charge is -2.45. The predicted octanol–water partition coefficient (Wildman–Crippen LogP) is -0.379. The van der Waals surface area contributed by atoms with Crippen LogP contribution in [0.15, 0.2) is 18.2 Å². The number of nitrogens with one attached hydrogen (secondary N) is 1. The number of nitrogens with two attached hydrogens (primary N) is 1. The Hall–Kier alpha value is -2.58. The van der Waals surface area contributed by atoms with Gasteiger partial charge in [-0.25, -0.2) is 0 Å². The molecule has 3 N–H and O–H groups in total. The average molecular weight is 356 g/mol. The first-order valence-electron chi connectivity index (χ1n) is 8.61. The van der Waals surface area contributed by atoms with Crippen molar-refractivity contribution in [1.82, 2.24) is 15.1 Å². The van der Waals surface area contributed by atoms with E-state index in [0.717, 1.165) is 23.6 Å². The molecule has 4 amide bonds. The van der Waals surface area contributed by atoms with Crippen LogP contribution in [0.3, 0.4) is 0 Å². The molecule has 3 aliphatic rings. The number of carbonyl (C=O) groups excluding carboxylic acids is 4. The molecule has 1 aromatic carbocycles. The summed E-state index contributed by atoms with van der Waals surface area (Å²) in [6.07, 6.45) is 0.272. The molecular formula is C18H20N4O4. The zero-order valence-electron chi connectivity index (χ0n) is 14.4. The van der Waals surface area contributed by atoms with Crippen LogP contribution >= 0.6 is 0 Å². The Morgan fingerprint density at radius 3 is 2.50 bits per heavy atom. The van der Waals surface area contributed by atoms with E-state index in [-0.39, 0.29) is 24.3 Å². The molecule has 0 spiro atoms. The number of likely N-dealkylation sites (tertiary alicyclic amines) is 1. The largest absolute Gasteiger partial charge is 0.323 e. The molecule has 136 valence electrons. The van der Waals surface area contributed by atoms with E-state index in [9.17, 15) is 19.2 Å². The van der Waals surface area contributed by atoms with E-state index in [0.29, 0.717) is 17.7 Å². The van der Waals surface area contributed by atoms with Gasteiger partial charge in [-0.15, -0.1) is 0 Å². The van der Waals surface area contributed by atoms with E-state index in [1.165, 1.54) is 0 Å². The molecule has 0 saturated carbocycles. The predicted molar refractivity (Wildman–Crippen MR) is 91.0 cm³/mol. The lowest BCUT2D eigenvalue weighted by Crippen LogP contribution is -2.64. The molecular weight excluding hydrogens is 336 g/mol. The molecule has 3 aliphatic heterocycles. The Morgan fingerprint density at radius 2 is 1.85 bits per heavy atom. The van der Waals surface area contributed by atoms with Gasteiger partial charge in [-0.1, -0.05) is 6.07 Å². The second kappa shape index (κ2) is 5.72. The molecule has 3 heterocycles. The minimum atomic E-state index is -0.933. The lowest BCUT2D eigenvalue weighted by molar-refractivity contribution is -0.136. The van der Waals surface area contributed by atoms with E-state index in [2.05, 4.69) is 10.2 Å². The van der Waals surface area contributed by atoms with E-state index in [4.69, 9.17) is 5.73 Å². The number of hydrogen-bond donors (Lipinski definition) is 2. The second-order valence-electron chi connectivity index (χ2n) is 7.63. The molecule has 1 unspecified atom stereocenters. The van der Waals surface area contributed by atoms with Crippen LogP contribution in [0.4, 0.5) is 0 Å². The summed E-state index contributed by atoms with van der Waals surface area (Å²) in [6.45, 7) is 4.20. The van der Waals surface area contributed by atoms with Crippen LogP contribution < -0.4 is 11.1 Å². The quantitative estimate of drug-likeness (QED) is 0.714. The smallest absolute Gasteiger partial charge is 0.262 e. The lowest BCUT2D eigenvalue weighted by atomic mass is 9.93. The molecule has 0 aliphatic carbocycles. The van der Waals surface area contributed by atoms with Crippen LogP contribution in [-0.2, 0) is 16.1 Å². The third kappa shape index (κ3) is 2.71. The second-order valence-corrected chi connectivity index (χ2v) is 7.63. The van der Waals surface area contributed by atoms with Gasteiger partial charge in [0.25, 0.3) is 11.8 Å². The van der Waals surface area contributed by atoms with Crippen LogP contribution in [0.25, 0.3) is 0 Å². The topological polar surface area (TPSA) is 113 Å². The van der Waals surface area contributed by atoms with Crippen molar-refractivity contribution in [1.29, 1.82) is 0 Å². The number of rotatable bonds is 3. The Labute approximate surface area is 150 Å². The molecule has 26 heavy (non-hydrogen) atoms. The maximum atomic E-state index is 12.8. The standard InChI is InChI=1S/C18H20N4O4/c1-18(19)8-21(9-18)7-10-2-3-11-12(6-10)17(26)22(16(11)25)13-4-5-14(23)20-15(13)24/h2-3,6,13H,4-5,7-9,19H2,1H3,(H,20,23,24). The van der Waals surface area contributed by atoms with Crippen LogP contribution in [0.1, 0.15) is 46.0 Å². The monoisotopic (exact) mass is 356 g/mol. The summed E-state index contributed by atoms with van der Waals surface area (Å²) in [5.74, 6) is -1.94. The third-order valence-corrected chi connectivity index (χ3v) is 5.08. The third-order valence-electron chi connectivity index (χ3n) is 5.08. The van der Waals surface area contributed by atoms with Crippen molar-refractivity contribution >= 4 is 23.6 Å². The number of fused-ring (bicyclic) bond motifs is 1. The van der Waals surface area contributed by atoms with Crippen molar-refractivity contribution in [3.63, 3.8) is 0 Å². The van der Waals surface area contributed by atoms with Gasteiger partial charge >= 0.3 is 0 Å². The van der Waals surface area contributed by atoms with Crippen molar-refractivity contribution in [3.8, 4) is 0 Å². The van der Waals surface area contributed by atoms with Gasteiger partial charge in [-0.05, 0) is 31.0 Å². The van der Waals surface area contributed by atoms with Crippen LogP contribution in [-0.4, -0.2) is 58.1 Å². The molecule has 1 atom stereocenters. The van der Waals surface area contributed by atoms with Crippen LogP contribution in [0.5, 0.6) is 0 Å². The van der Waals surface area contributed by atoms with Crippen molar-refractivity contribution in [3.05, 3.63) is 34.9 Å². The Kier molecular flexibility index (Phi) is 3.71. The summed E-state index contributed by atoms with van der Waals surface area (Å²) in [7, 11) is 0.